The van der Waals surface area contributed by atoms with Crippen molar-refractivity contribution in [3.8, 4) is 5.75 Å². The predicted octanol–water partition coefficient (Wildman–Crippen LogP) is -0.0546. The van der Waals surface area contributed by atoms with Crippen molar-refractivity contribution in [1.29, 1.82) is 0 Å². The van der Waals surface area contributed by atoms with Crippen LogP contribution in [0.25, 0.3) is 0 Å². The van der Waals surface area contributed by atoms with Crippen LogP contribution in [0.1, 0.15) is 20.3 Å². The number of nitrogens with zero attached hydrogens (tertiary/aromatic N) is 2. The second-order valence-electron chi connectivity index (χ2n) is 8.76. The number of nitrogens with one attached hydrogen (secondary N) is 2. The van der Waals surface area contributed by atoms with E-state index in [-0.39, 0.29) is 18.4 Å². The number of ether oxygens (including phenoxy) is 2. The van der Waals surface area contributed by atoms with Gasteiger partial charge in [-0.2, -0.15) is 4.31 Å². The summed E-state index contributed by atoms with van der Waals surface area (Å²) in [6, 6.07) is 2.91. The molecule has 2 N–H and O–H groups in total. The van der Waals surface area contributed by atoms with Crippen molar-refractivity contribution < 1.29 is 31.9 Å². The molecule has 0 spiro atoms. The molecular formula is C22H33FN4O6S. The molecule has 1 aromatic carbocycles. The molecule has 2 fully saturated rings. The molecule has 2 aliphatic rings. The lowest BCUT2D eigenvalue weighted by Crippen LogP contribution is -2.59. The number of fused-ring (bicyclic) bond motifs is 1. The van der Waals surface area contributed by atoms with Crippen LogP contribution in [0.4, 0.5) is 4.39 Å². The average molecular weight is 501 g/mol. The molecule has 0 aliphatic carbocycles. The van der Waals surface area contributed by atoms with Gasteiger partial charge in [-0.3, -0.25) is 9.59 Å². The number of rotatable bonds is 9. The summed E-state index contributed by atoms with van der Waals surface area (Å²) in [5.41, 5.74) is 0. The van der Waals surface area contributed by atoms with Crippen LogP contribution >= 0.6 is 0 Å². The number of halogens is 1. The molecule has 2 heterocycles. The van der Waals surface area contributed by atoms with E-state index in [4.69, 9.17) is 9.47 Å². The number of hydrogen-bond acceptors (Lipinski definition) is 7. The molecule has 0 bridgehead atoms. The molecule has 12 heteroatoms. The van der Waals surface area contributed by atoms with E-state index in [0.29, 0.717) is 18.7 Å². The molecule has 1 unspecified atom stereocenters. The molecule has 0 saturated carbocycles. The number of carbonyl (C=O) groups is 2. The van der Waals surface area contributed by atoms with Gasteiger partial charge in [0.1, 0.15) is 23.7 Å². The van der Waals surface area contributed by atoms with Gasteiger partial charge < -0.3 is 25.0 Å². The van der Waals surface area contributed by atoms with Crippen molar-refractivity contribution in [3.05, 3.63) is 30.1 Å². The van der Waals surface area contributed by atoms with E-state index in [1.807, 2.05) is 0 Å². The van der Waals surface area contributed by atoms with Crippen LogP contribution in [0.2, 0.25) is 0 Å². The first-order chi connectivity index (χ1) is 16.0. The fourth-order valence-corrected chi connectivity index (χ4v) is 5.66. The van der Waals surface area contributed by atoms with Crippen LogP contribution in [0.15, 0.2) is 24.3 Å². The molecular weight excluding hydrogens is 467 g/mol. The van der Waals surface area contributed by atoms with Crippen molar-refractivity contribution in [2.45, 2.75) is 56.6 Å². The van der Waals surface area contributed by atoms with E-state index in [9.17, 15) is 22.4 Å². The second kappa shape index (κ2) is 10.5. The van der Waals surface area contributed by atoms with Gasteiger partial charge in [-0.25, -0.2) is 12.8 Å². The SMILES string of the molecule is CN[C@@H](C)C(=O)N[C@H](C(=O)N1CC[C@@H]2[C@H]1[C@@H](Oc1ccc(F)cc1)CN2S(C)(=O)=O)C(C)OC. The van der Waals surface area contributed by atoms with Crippen LogP contribution in [0, 0.1) is 5.82 Å². The van der Waals surface area contributed by atoms with E-state index in [0.717, 1.165) is 6.26 Å². The summed E-state index contributed by atoms with van der Waals surface area (Å²) in [6.45, 7) is 3.72. The maximum absolute atomic E-state index is 13.7. The minimum Gasteiger partial charge on any atom is -0.487 e. The van der Waals surface area contributed by atoms with Crippen LogP contribution < -0.4 is 15.4 Å². The lowest BCUT2D eigenvalue weighted by atomic mass is 10.1. The number of benzene rings is 1. The second-order valence-corrected chi connectivity index (χ2v) is 10.7. The number of carbonyl (C=O) groups excluding carboxylic acids is 2. The molecule has 3 rings (SSSR count). The first kappa shape index (κ1) is 26.3. The highest BCUT2D eigenvalue weighted by Crippen LogP contribution is 2.36. The number of sulfonamides is 1. The van der Waals surface area contributed by atoms with Gasteiger partial charge in [0.15, 0.2) is 0 Å². The summed E-state index contributed by atoms with van der Waals surface area (Å²) in [5.74, 6) is -0.780. The largest absolute Gasteiger partial charge is 0.487 e. The van der Waals surface area contributed by atoms with Gasteiger partial charge in [0, 0.05) is 13.7 Å². The van der Waals surface area contributed by atoms with Gasteiger partial charge in [0.2, 0.25) is 21.8 Å². The Morgan fingerprint density at radius 1 is 1.21 bits per heavy atom. The molecule has 0 radical (unpaired) electrons. The van der Waals surface area contributed by atoms with Crippen molar-refractivity contribution in [3.63, 3.8) is 0 Å². The quantitative estimate of drug-likeness (QED) is 0.488. The zero-order chi connectivity index (χ0) is 25.2. The van der Waals surface area contributed by atoms with E-state index < -0.39 is 52.2 Å². The Morgan fingerprint density at radius 2 is 1.85 bits per heavy atom. The summed E-state index contributed by atoms with van der Waals surface area (Å²) < 4.78 is 51.1. The molecule has 2 aliphatic heterocycles. The van der Waals surface area contributed by atoms with Crippen molar-refractivity contribution in [1.82, 2.24) is 19.8 Å². The first-order valence-corrected chi connectivity index (χ1v) is 13.0. The van der Waals surface area contributed by atoms with Crippen LogP contribution in [-0.2, 0) is 24.3 Å². The highest BCUT2D eigenvalue weighted by atomic mass is 32.2. The standard InChI is InChI=1S/C22H33FN4O6S/c1-13(24-3)21(28)25-19(14(2)32-4)22(29)26-11-10-17-20(26)18(12-27(17)34(5,30)31)33-16-8-6-15(23)7-9-16/h6-9,13-14,17-20,24H,10-12H2,1-5H3,(H,25,28)/t13-,14?,17+,18-,19-,20-/m0/s1. The van der Waals surface area contributed by atoms with Crippen LogP contribution in [0.5, 0.6) is 5.75 Å². The maximum Gasteiger partial charge on any atom is 0.248 e. The highest BCUT2D eigenvalue weighted by molar-refractivity contribution is 7.88. The third-order valence-electron chi connectivity index (χ3n) is 6.57. The number of hydrogen-bond donors (Lipinski definition) is 2. The van der Waals surface area contributed by atoms with Gasteiger partial charge in [-0.1, -0.05) is 0 Å². The lowest BCUT2D eigenvalue weighted by molar-refractivity contribution is -0.142. The van der Waals surface area contributed by atoms with Gasteiger partial charge in [-0.15, -0.1) is 0 Å². The molecule has 6 atom stereocenters. The molecule has 190 valence electrons. The Morgan fingerprint density at radius 3 is 2.41 bits per heavy atom. The minimum atomic E-state index is -3.56. The van der Waals surface area contributed by atoms with Gasteiger partial charge in [-0.05, 0) is 51.6 Å². The molecule has 34 heavy (non-hydrogen) atoms. The lowest BCUT2D eigenvalue weighted by Gasteiger charge is -2.34. The molecule has 0 aromatic heterocycles. The first-order valence-electron chi connectivity index (χ1n) is 11.2. The zero-order valence-electron chi connectivity index (χ0n) is 20.0. The van der Waals surface area contributed by atoms with Crippen LogP contribution in [0.3, 0.4) is 0 Å². The molecule has 2 saturated heterocycles. The maximum atomic E-state index is 13.7. The number of likely N-dealkylation sites (tertiary alicyclic amines) is 1. The molecule has 1 aromatic rings. The summed E-state index contributed by atoms with van der Waals surface area (Å²) >= 11 is 0. The Bertz CT molecular complexity index is 992. The normalized spacial score (nSPS) is 25.5. The number of amides is 2. The third-order valence-corrected chi connectivity index (χ3v) is 7.84. The third kappa shape index (κ3) is 5.51. The van der Waals surface area contributed by atoms with E-state index in [1.54, 1.807) is 25.8 Å². The van der Waals surface area contributed by atoms with Gasteiger partial charge >= 0.3 is 0 Å². The monoisotopic (exact) mass is 500 g/mol. The smallest absolute Gasteiger partial charge is 0.248 e. The molecule has 10 nitrogen and oxygen atoms in total. The van der Waals surface area contributed by atoms with E-state index in [2.05, 4.69) is 10.6 Å². The number of methoxy groups -OCH3 is 1. The van der Waals surface area contributed by atoms with Crippen LogP contribution in [-0.4, -0.2) is 99.3 Å². The predicted molar refractivity (Wildman–Crippen MR) is 123 cm³/mol. The summed E-state index contributed by atoms with van der Waals surface area (Å²) in [6.07, 6.45) is 0.275. The summed E-state index contributed by atoms with van der Waals surface area (Å²) in [7, 11) is -0.468. The fraction of sp³-hybridized carbons (Fsp3) is 0.636. The van der Waals surface area contributed by atoms with E-state index >= 15 is 0 Å². The van der Waals surface area contributed by atoms with Crippen molar-refractivity contribution in [2.24, 2.45) is 0 Å². The Balaban J connectivity index is 1.89. The zero-order valence-corrected chi connectivity index (χ0v) is 20.8. The Kier molecular flexibility index (Phi) is 8.17. The van der Waals surface area contributed by atoms with Gasteiger partial charge in [0.05, 0.1) is 37.0 Å². The Labute approximate surface area is 199 Å². The highest BCUT2D eigenvalue weighted by Gasteiger charge is 2.55. The van der Waals surface area contributed by atoms with Crippen molar-refractivity contribution in [2.75, 3.05) is 33.5 Å². The average Bonchev–Trinajstić information content (AvgIpc) is 3.38. The fourth-order valence-electron chi connectivity index (χ4n) is 4.52. The summed E-state index contributed by atoms with van der Waals surface area (Å²) in [4.78, 5) is 27.8. The summed E-state index contributed by atoms with van der Waals surface area (Å²) in [5, 5.41) is 5.59. The topological polar surface area (TPSA) is 117 Å². The van der Waals surface area contributed by atoms with Gasteiger partial charge in [0.25, 0.3) is 0 Å². The van der Waals surface area contributed by atoms with E-state index in [1.165, 1.54) is 35.7 Å². The Hall–Kier alpha value is -2.28. The number of likely N-dealkylation sites (N-methyl/N-ethyl adjacent to an activating group) is 1. The minimum absolute atomic E-state index is 0.0585. The van der Waals surface area contributed by atoms with Crippen molar-refractivity contribution >= 4 is 21.8 Å². The molecule has 2 amide bonds.